The van der Waals surface area contributed by atoms with Crippen LogP contribution >= 0.6 is 0 Å². The molecular formula is C33H39N7O3. The molecule has 0 radical (unpaired) electrons. The highest BCUT2D eigenvalue weighted by atomic mass is 16.5. The van der Waals surface area contributed by atoms with Gasteiger partial charge in [0.1, 0.15) is 11.6 Å². The molecule has 0 bridgehead atoms. The van der Waals surface area contributed by atoms with Gasteiger partial charge in [0.15, 0.2) is 22.8 Å². The van der Waals surface area contributed by atoms with Crippen molar-refractivity contribution in [2.75, 3.05) is 45.3 Å². The molecule has 1 saturated heterocycles. The zero-order valence-electron chi connectivity index (χ0n) is 25.3. The van der Waals surface area contributed by atoms with Gasteiger partial charge in [-0.2, -0.15) is 0 Å². The number of aromatic nitrogens is 4. The number of nitrogens with zero attached hydrogens (tertiary/aromatic N) is 6. The van der Waals surface area contributed by atoms with Gasteiger partial charge in [0.25, 0.3) is 0 Å². The number of hydrogen-bond acceptors (Lipinski definition) is 8. The lowest BCUT2D eigenvalue weighted by Gasteiger charge is -2.28. The molecule has 10 heteroatoms. The highest BCUT2D eigenvalue weighted by Gasteiger charge is 2.23. The van der Waals surface area contributed by atoms with Gasteiger partial charge in [-0.3, -0.25) is 14.5 Å². The number of carbonyl (C=O) groups excluding carboxylic acids is 2. The molecule has 0 atom stereocenters. The van der Waals surface area contributed by atoms with E-state index in [-0.39, 0.29) is 11.7 Å². The number of hydrogen-bond donors (Lipinski definition) is 1. The highest BCUT2D eigenvalue weighted by Crippen LogP contribution is 2.29. The Morgan fingerprint density at radius 3 is 2.49 bits per heavy atom. The van der Waals surface area contributed by atoms with Crippen molar-refractivity contribution in [1.82, 2.24) is 29.7 Å². The summed E-state index contributed by atoms with van der Waals surface area (Å²) in [5.74, 6) is 2.36. The SMILES string of the molecule is CCn1c(CN(C)Cc2ccc(/C=C/C(=O)NC)cc2)nc2c(N3CCOCC3)nc(-c3cccc(CC(C)=O)c3)nc21. The first kappa shape index (κ1) is 30.1. The molecule has 2 aromatic heterocycles. The fourth-order valence-electron chi connectivity index (χ4n) is 5.32. The lowest BCUT2D eigenvalue weighted by molar-refractivity contribution is -0.117. The zero-order chi connectivity index (χ0) is 30.3. The first-order chi connectivity index (χ1) is 20.8. The molecule has 2 aromatic carbocycles. The minimum atomic E-state index is -0.127. The number of nitrogens with one attached hydrogen (secondary N) is 1. The Hall–Kier alpha value is -4.41. The summed E-state index contributed by atoms with van der Waals surface area (Å²) in [6.07, 6.45) is 3.71. The molecule has 1 N–H and O–H groups in total. The summed E-state index contributed by atoms with van der Waals surface area (Å²) in [6, 6.07) is 16.1. The number of likely N-dealkylation sites (N-methyl/N-ethyl adjacent to an activating group) is 1. The minimum absolute atomic E-state index is 0.120. The molecule has 43 heavy (non-hydrogen) atoms. The Kier molecular flexibility index (Phi) is 9.58. The van der Waals surface area contributed by atoms with Crippen LogP contribution in [0.15, 0.2) is 54.6 Å². The number of benzene rings is 2. The van der Waals surface area contributed by atoms with Crippen LogP contribution < -0.4 is 10.2 Å². The molecule has 1 aliphatic rings. The van der Waals surface area contributed by atoms with Crippen LogP contribution in [0.3, 0.4) is 0 Å². The maximum Gasteiger partial charge on any atom is 0.243 e. The molecule has 224 valence electrons. The normalized spacial score (nSPS) is 13.7. The van der Waals surface area contributed by atoms with E-state index < -0.39 is 0 Å². The third kappa shape index (κ3) is 7.33. The minimum Gasteiger partial charge on any atom is -0.378 e. The van der Waals surface area contributed by atoms with Crippen molar-refractivity contribution in [2.24, 2.45) is 0 Å². The van der Waals surface area contributed by atoms with E-state index in [2.05, 4.69) is 45.8 Å². The van der Waals surface area contributed by atoms with E-state index in [1.54, 1.807) is 20.0 Å². The van der Waals surface area contributed by atoms with Crippen molar-refractivity contribution < 1.29 is 14.3 Å². The lowest BCUT2D eigenvalue weighted by Crippen LogP contribution is -2.37. The van der Waals surface area contributed by atoms with Crippen LogP contribution in [-0.4, -0.2) is 76.5 Å². The zero-order valence-corrected chi connectivity index (χ0v) is 25.3. The fraction of sp³-hybridized carbons (Fsp3) is 0.364. The number of rotatable bonds is 11. The molecule has 1 amide bonds. The molecule has 5 rings (SSSR count). The third-order valence-electron chi connectivity index (χ3n) is 7.44. The summed E-state index contributed by atoms with van der Waals surface area (Å²) in [4.78, 5) is 42.9. The molecule has 1 fully saturated rings. The van der Waals surface area contributed by atoms with Gasteiger partial charge in [0.2, 0.25) is 5.91 Å². The monoisotopic (exact) mass is 581 g/mol. The number of Topliss-reactive ketones (excluding diaryl/α,β-unsaturated/α-hetero) is 1. The Labute approximate surface area is 252 Å². The Balaban J connectivity index is 1.45. The Morgan fingerprint density at radius 1 is 1.02 bits per heavy atom. The Bertz CT molecular complexity index is 1620. The molecule has 0 spiro atoms. The van der Waals surface area contributed by atoms with Crippen LogP contribution in [0.5, 0.6) is 0 Å². The van der Waals surface area contributed by atoms with Gasteiger partial charge in [0, 0.05) is 51.3 Å². The van der Waals surface area contributed by atoms with Crippen LogP contribution in [0.1, 0.15) is 36.4 Å². The molecule has 1 aliphatic heterocycles. The largest absolute Gasteiger partial charge is 0.378 e. The number of ether oxygens (including phenoxy) is 1. The third-order valence-corrected chi connectivity index (χ3v) is 7.44. The van der Waals surface area contributed by atoms with Crippen LogP contribution in [0.2, 0.25) is 0 Å². The van der Waals surface area contributed by atoms with E-state index in [4.69, 9.17) is 19.7 Å². The van der Waals surface area contributed by atoms with E-state index in [1.807, 2.05) is 36.4 Å². The molecule has 0 saturated carbocycles. The standard InChI is InChI=1S/C33H39N7O3/c1-5-40-28(22-38(4)21-25-11-9-24(10-12-25)13-14-29(42)34-3)35-30-32(39-15-17-43-18-16-39)36-31(37-33(30)40)27-8-6-7-26(20-27)19-23(2)41/h6-14,20H,5,15-19,21-22H2,1-4H3,(H,34,42)/b14-13+. The molecular weight excluding hydrogens is 542 g/mol. The molecule has 3 heterocycles. The predicted molar refractivity (Wildman–Crippen MR) is 169 cm³/mol. The summed E-state index contributed by atoms with van der Waals surface area (Å²) in [5.41, 5.74) is 5.57. The van der Waals surface area contributed by atoms with Gasteiger partial charge in [-0.25, -0.2) is 15.0 Å². The van der Waals surface area contributed by atoms with Gasteiger partial charge < -0.3 is 19.5 Å². The highest BCUT2D eigenvalue weighted by molar-refractivity contribution is 5.91. The second kappa shape index (κ2) is 13.7. The van der Waals surface area contributed by atoms with Gasteiger partial charge >= 0.3 is 0 Å². The predicted octanol–water partition coefficient (Wildman–Crippen LogP) is 3.87. The maximum atomic E-state index is 11.8. The first-order valence-corrected chi connectivity index (χ1v) is 14.7. The number of fused-ring (bicyclic) bond motifs is 1. The van der Waals surface area contributed by atoms with E-state index in [0.717, 1.165) is 65.7 Å². The van der Waals surface area contributed by atoms with Crippen molar-refractivity contribution in [2.45, 2.75) is 39.9 Å². The van der Waals surface area contributed by atoms with Crippen LogP contribution in [-0.2, 0) is 40.4 Å². The summed E-state index contributed by atoms with van der Waals surface area (Å²) in [6.45, 7) is 8.55. The molecule has 0 unspecified atom stereocenters. The second-order valence-corrected chi connectivity index (χ2v) is 10.9. The van der Waals surface area contributed by atoms with Crippen LogP contribution in [0, 0.1) is 0 Å². The smallest absolute Gasteiger partial charge is 0.243 e. The van der Waals surface area contributed by atoms with E-state index >= 15 is 0 Å². The average molecular weight is 582 g/mol. The number of carbonyl (C=O) groups is 2. The van der Waals surface area contributed by atoms with Gasteiger partial charge in [0.05, 0.1) is 19.8 Å². The van der Waals surface area contributed by atoms with Crippen molar-refractivity contribution in [1.29, 1.82) is 0 Å². The van der Waals surface area contributed by atoms with Crippen molar-refractivity contribution >= 4 is 34.7 Å². The number of aryl methyl sites for hydroxylation is 1. The molecule has 10 nitrogen and oxygen atoms in total. The summed E-state index contributed by atoms with van der Waals surface area (Å²) < 4.78 is 7.80. The average Bonchev–Trinajstić information content (AvgIpc) is 3.36. The van der Waals surface area contributed by atoms with Crippen LogP contribution in [0.25, 0.3) is 28.6 Å². The lowest BCUT2D eigenvalue weighted by atomic mass is 10.1. The van der Waals surface area contributed by atoms with Crippen molar-refractivity contribution in [3.05, 3.63) is 77.1 Å². The summed E-state index contributed by atoms with van der Waals surface area (Å²) in [5, 5.41) is 2.59. The van der Waals surface area contributed by atoms with Gasteiger partial charge in [-0.1, -0.05) is 42.5 Å². The number of amides is 1. The van der Waals surface area contributed by atoms with Crippen molar-refractivity contribution in [3.63, 3.8) is 0 Å². The quantitative estimate of drug-likeness (QED) is 0.266. The molecule has 4 aromatic rings. The summed E-state index contributed by atoms with van der Waals surface area (Å²) >= 11 is 0. The van der Waals surface area contributed by atoms with E-state index in [1.165, 1.54) is 11.6 Å². The maximum absolute atomic E-state index is 11.8. The summed E-state index contributed by atoms with van der Waals surface area (Å²) in [7, 11) is 3.70. The molecule has 0 aliphatic carbocycles. The number of imidazole rings is 1. The van der Waals surface area contributed by atoms with E-state index in [0.29, 0.717) is 32.0 Å². The van der Waals surface area contributed by atoms with Crippen molar-refractivity contribution in [3.8, 4) is 11.4 Å². The number of ketones is 1. The fourth-order valence-corrected chi connectivity index (χ4v) is 5.32. The topological polar surface area (TPSA) is 105 Å². The Morgan fingerprint density at radius 2 is 1.79 bits per heavy atom. The second-order valence-electron chi connectivity index (χ2n) is 10.9. The van der Waals surface area contributed by atoms with Gasteiger partial charge in [-0.05, 0) is 49.7 Å². The number of anilines is 1. The van der Waals surface area contributed by atoms with E-state index in [9.17, 15) is 9.59 Å². The van der Waals surface area contributed by atoms with Crippen LogP contribution in [0.4, 0.5) is 5.82 Å². The van der Waals surface area contributed by atoms with Gasteiger partial charge in [-0.15, -0.1) is 0 Å². The number of morpholine rings is 1. The first-order valence-electron chi connectivity index (χ1n) is 14.7.